The van der Waals surface area contributed by atoms with Crippen LogP contribution in [-0.4, -0.2) is 32.1 Å². The van der Waals surface area contributed by atoms with Crippen molar-refractivity contribution in [2.45, 2.75) is 26.8 Å². The molecule has 0 atom stereocenters. The summed E-state index contributed by atoms with van der Waals surface area (Å²) in [5.74, 6) is 0.378. The topological polar surface area (TPSA) is 44.4 Å². The second-order valence-corrected chi connectivity index (χ2v) is 5.86. The molecule has 1 amide bonds. The maximum atomic E-state index is 14.3. The molecule has 116 valence electrons. The van der Waals surface area contributed by atoms with Crippen LogP contribution in [0.25, 0.3) is 0 Å². The van der Waals surface area contributed by atoms with Crippen LogP contribution in [0.3, 0.4) is 0 Å². The first kappa shape index (κ1) is 15.8. The number of para-hydroxylation sites is 1. The summed E-state index contributed by atoms with van der Waals surface area (Å²) in [6.07, 6.45) is 0.410. The molecule has 2 rings (SSSR count). The van der Waals surface area contributed by atoms with Gasteiger partial charge in [-0.05, 0) is 24.1 Å². The molecular weight excluding hydrogens is 269 g/mol. The highest BCUT2D eigenvalue weighted by molar-refractivity contribution is 5.77. The molecule has 0 unspecified atom stereocenters. The number of rotatable bonds is 5. The molecule has 0 saturated carbocycles. The quantitative estimate of drug-likeness (QED) is 0.871. The molecule has 0 bridgehead atoms. The van der Waals surface area contributed by atoms with E-state index in [4.69, 9.17) is 0 Å². The van der Waals surface area contributed by atoms with E-state index in [0.717, 1.165) is 12.1 Å². The molecule has 0 aliphatic carbocycles. The number of nitrogens with one attached hydrogen (secondary N) is 2. The maximum Gasteiger partial charge on any atom is 0.221 e. The van der Waals surface area contributed by atoms with E-state index in [2.05, 4.69) is 24.5 Å². The molecule has 1 heterocycles. The summed E-state index contributed by atoms with van der Waals surface area (Å²) in [6, 6.07) is 5.18. The highest BCUT2D eigenvalue weighted by Crippen LogP contribution is 2.25. The van der Waals surface area contributed by atoms with E-state index in [0.29, 0.717) is 44.2 Å². The average molecular weight is 293 g/mol. The molecule has 1 fully saturated rings. The summed E-state index contributed by atoms with van der Waals surface area (Å²) in [5.41, 5.74) is 1.58. The largest absolute Gasteiger partial charge is 0.367 e. The third kappa shape index (κ3) is 4.43. The lowest BCUT2D eigenvalue weighted by molar-refractivity contribution is -0.120. The van der Waals surface area contributed by atoms with E-state index in [1.807, 2.05) is 11.0 Å². The van der Waals surface area contributed by atoms with Crippen molar-refractivity contribution in [2.75, 3.05) is 31.1 Å². The van der Waals surface area contributed by atoms with Crippen LogP contribution in [0, 0.1) is 11.7 Å². The number of hydrogen-bond acceptors (Lipinski definition) is 3. The van der Waals surface area contributed by atoms with E-state index in [1.165, 1.54) is 6.07 Å². The Morgan fingerprint density at radius 3 is 2.95 bits per heavy atom. The van der Waals surface area contributed by atoms with Crippen molar-refractivity contribution in [3.05, 3.63) is 29.6 Å². The normalized spacial score (nSPS) is 16.0. The first-order valence-electron chi connectivity index (χ1n) is 7.57. The van der Waals surface area contributed by atoms with Crippen LogP contribution in [0.5, 0.6) is 0 Å². The molecule has 1 aromatic rings. The summed E-state index contributed by atoms with van der Waals surface area (Å²) < 4.78 is 14.3. The van der Waals surface area contributed by atoms with Gasteiger partial charge in [0.2, 0.25) is 5.91 Å². The van der Waals surface area contributed by atoms with Crippen molar-refractivity contribution >= 4 is 11.6 Å². The van der Waals surface area contributed by atoms with Crippen molar-refractivity contribution in [2.24, 2.45) is 5.92 Å². The van der Waals surface area contributed by atoms with Gasteiger partial charge in [-0.15, -0.1) is 0 Å². The molecule has 21 heavy (non-hydrogen) atoms. The van der Waals surface area contributed by atoms with Gasteiger partial charge in [-0.25, -0.2) is 4.39 Å². The first-order valence-corrected chi connectivity index (χ1v) is 7.57. The highest BCUT2D eigenvalue weighted by atomic mass is 19.1. The summed E-state index contributed by atoms with van der Waals surface area (Å²) in [6.45, 7) is 7.59. The third-order valence-electron chi connectivity index (χ3n) is 3.57. The Morgan fingerprint density at radius 1 is 1.38 bits per heavy atom. The van der Waals surface area contributed by atoms with Crippen LogP contribution in [0.2, 0.25) is 0 Å². The molecule has 0 radical (unpaired) electrons. The number of hydrogen-bond donors (Lipinski definition) is 2. The molecule has 0 spiro atoms. The fourth-order valence-electron chi connectivity index (χ4n) is 2.54. The van der Waals surface area contributed by atoms with Gasteiger partial charge in [0.25, 0.3) is 0 Å². The molecule has 4 nitrogen and oxygen atoms in total. The smallest absolute Gasteiger partial charge is 0.221 e. The summed E-state index contributed by atoms with van der Waals surface area (Å²) in [5, 5.41) is 6.18. The molecule has 0 aromatic heterocycles. The second-order valence-electron chi connectivity index (χ2n) is 5.86. The standard InChI is InChI=1S/C16H24FN3O/c1-12(2)10-18-11-13-4-3-5-14(17)16(13)20-8-6-15(21)19-7-9-20/h3-5,12,18H,6-11H2,1-2H3,(H,19,21). The molecule has 1 aliphatic heterocycles. The molecule has 2 N–H and O–H groups in total. The fourth-order valence-corrected chi connectivity index (χ4v) is 2.54. The van der Waals surface area contributed by atoms with E-state index >= 15 is 0 Å². The van der Waals surface area contributed by atoms with Gasteiger partial charge >= 0.3 is 0 Å². The van der Waals surface area contributed by atoms with Gasteiger partial charge in [-0.1, -0.05) is 26.0 Å². The predicted octanol–water partition coefficient (Wildman–Crippen LogP) is 1.90. The van der Waals surface area contributed by atoms with Crippen molar-refractivity contribution in [3.8, 4) is 0 Å². The minimum Gasteiger partial charge on any atom is -0.367 e. The Hall–Kier alpha value is -1.62. The number of halogens is 1. The lowest BCUT2D eigenvalue weighted by Crippen LogP contribution is -2.30. The van der Waals surface area contributed by atoms with Crippen LogP contribution in [0.15, 0.2) is 18.2 Å². The number of amides is 1. The number of nitrogens with zero attached hydrogens (tertiary/aromatic N) is 1. The third-order valence-corrected chi connectivity index (χ3v) is 3.57. The van der Waals surface area contributed by atoms with E-state index < -0.39 is 0 Å². The number of benzene rings is 1. The van der Waals surface area contributed by atoms with Crippen molar-refractivity contribution in [3.63, 3.8) is 0 Å². The number of carbonyl (C=O) groups excluding carboxylic acids is 1. The molecule has 1 saturated heterocycles. The number of anilines is 1. The Morgan fingerprint density at radius 2 is 2.19 bits per heavy atom. The molecule has 1 aliphatic rings. The zero-order valence-corrected chi connectivity index (χ0v) is 12.8. The highest BCUT2D eigenvalue weighted by Gasteiger charge is 2.19. The van der Waals surface area contributed by atoms with Crippen molar-refractivity contribution in [1.82, 2.24) is 10.6 Å². The molecule has 5 heteroatoms. The summed E-state index contributed by atoms with van der Waals surface area (Å²) in [4.78, 5) is 13.4. The Labute approximate surface area is 125 Å². The van der Waals surface area contributed by atoms with Crippen LogP contribution in [-0.2, 0) is 11.3 Å². The Kier molecular flexibility index (Phi) is 5.56. The van der Waals surface area contributed by atoms with Crippen LogP contribution in [0.1, 0.15) is 25.8 Å². The van der Waals surface area contributed by atoms with E-state index in [9.17, 15) is 9.18 Å². The average Bonchev–Trinajstić information content (AvgIpc) is 2.63. The van der Waals surface area contributed by atoms with Crippen LogP contribution >= 0.6 is 0 Å². The van der Waals surface area contributed by atoms with Gasteiger partial charge in [0.05, 0.1) is 5.69 Å². The van der Waals surface area contributed by atoms with Gasteiger partial charge in [0, 0.05) is 32.6 Å². The van der Waals surface area contributed by atoms with Gasteiger partial charge in [-0.2, -0.15) is 0 Å². The van der Waals surface area contributed by atoms with Gasteiger partial charge in [0.1, 0.15) is 5.82 Å². The second kappa shape index (κ2) is 7.41. The van der Waals surface area contributed by atoms with Gasteiger partial charge < -0.3 is 15.5 Å². The lowest BCUT2D eigenvalue weighted by atomic mass is 10.1. The molecule has 1 aromatic carbocycles. The first-order chi connectivity index (χ1) is 10.1. The minimum atomic E-state index is -0.215. The van der Waals surface area contributed by atoms with E-state index in [1.54, 1.807) is 6.07 Å². The Bertz CT molecular complexity index is 490. The SMILES string of the molecule is CC(C)CNCc1cccc(F)c1N1CCNC(=O)CC1. The fraction of sp³-hybridized carbons (Fsp3) is 0.562. The summed E-state index contributed by atoms with van der Waals surface area (Å²) in [7, 11) is 0. The predicted molar refractivity (Wildman–Crippen MR) is 82.8 cm³/mol. The van der Waals surface area contributed by atoms with Crippen molar-refractivity contribution in [1.29, 1.82) is 0 Å². The zero-order chi connectivity index (χ0) is 15.2. The monoisotopic (exact) mass is 293 g/mol. The van der Waals surface area contributed by atoms with Crippen LogP contribution in [0.4, 0.5) is 10.1 Å². The summed E-state index contributed by atoms with van der Waals surface area (Å²) >= 11 is 0. The minimum absolute atomic E-state index is 0.0355. The zero-order valence-electron chi connectivity index (χ0n) is 12.8. The van der Waals surface area contributed by atoms with Gasteiger partial charge in [0.15, 0.2) is 0 Å². The van der Waals surface area contributed by atoms with Gasteiger partial charge in [-0.3, -0.25) is 4.79 Å². The maximum absolute atomic E-state index is 14.3. The van der Waals surface area contributed by atoms with Crippen LogP contribution < -0.4 is 15.5 Å². The Balaban J connectivity index is 2.14. The van der Waals surface area contributed by atoms with E-state index in [-0.39, 0.29) is 11.7 Å². The lowest BCUT2D eigenvalue weighted by Gasteiger charge is -2.25. The number of carbonyl (C=O) groups is 1. The molecular formula is C16H24FN3O. The van der Waals surface area contributed by atoms with Crippen molar-refractivity contribution < 1.29 is 9.18 Å².